The van der Waals surface area contributed by atoms with Crippen molar-refractivity contribution in [1.29, 1.82) is 0 Å². The predicted molar refractivity (Wildman–Crippen MR) is 129 cm³/mol. The summed E-state index contributed by atoms with van der Waals surface area (Å²) in [5.41, 5.74) is 14.7. The van der Waals surface area contributed by atoms with Crippen LogP contribution in [0.15, 0.2) is 36.4 Å². The molecule has 0 saturated carbocycles. The maximum atomic E-state index is 6.00. The van der Waals surface area contributed by atoms with Gasteiger partial charge in [-0.15, -0.1) is 0 Å². The zero-order chi connectivity index (χ0) is 21.4. The molecule has 10 heteroatoms. The van der Waals surface area contributed by atoms with E-state index in [-0.39, 0.29) is 5.95 Å². The summed E-state index contributed by atoms with van der Waals surface area (Å²) in [5.74, 6) is 2.98. The molecule has 0 aliphatic carbocycles. The van der Waals surface area contributed by atoms with E-state index in [9.17, 15) is 0 Å². The number of benzene rings is 2. The first kappa shape index (κ1) is 20.0. The molecule has 3 heterocycles. The molecule has 2 aliphatic heterocycles. The number of hydrogen-bond acceptors (Lipinski definition) is 9. The van der Waals surface area contributed by atoms with Gasteiger partial charge in [0.05, 0.1) is 5.52 Å². The van der Waals surface area contributed by atoms with Gasteiger partial charge in [0.15, 0.2) is 11.5 Å². The van der Waals surface area contributed by atoms with Gasteiger partial charge in [0.2, 0.25) is 12.7 Å². The highest BCUT2D eigenvalue weighted by Crippen LogP contribution is 2.35. The number of rotatable bonds is 3. The number of nitrogen functional groups attached to an aromatic ring is 2. The van der Waals surface area contributed by atoms with Gasteiger partial charge >= 0.3 is 0 Å². The molecular formula is C21H22N6O2S2. The van der Waals surface area contributed by atoms with E-state index in [0.717, 1.165) is 69.9 Å². The summed E-state index contributed by atoms with van der Waals surface area (Å²) in [6.45, 7) is 3.89. The summed E-state index contributed by atoms with van der Waals surface area (Å²) in [4.78, 5) is 12.9. The number of thiocarbonyl (C=S) groups is 1. The molecule has 1 fully saturated rings. The van der Waals surface area contributed by atoms with Crippen LogP contribution in [0.3, 0.4) is 0 Å². The number of ether oxygens (including phenoxy) is 2. The van der Waals surface area contributed by atoms with E-state index in [1.165, 1.54) is 0 Å². The summed E-state index contributed by atoms with van der Waals surface area (Å²) in [6.07, 6.45) is 0. The van der Waals surface area contributed by atoms with E-state index in [4.69, 9.17) is 33.2 Å². The third kappa shape index (κ3) is 4.13. The molecule has 1 saturated heterocycles. The van der Waals surface area contributed by atoms with E-state index in [2.05, 4.69) is 25.8 Å². The van der Waals surface area contributed by atoms with E-state index < -0.39 is 0 Å². The molecule has 0 spiro atoms. The lowest BCUT2D eigenvalue weighted by molar-refractivity contribution is 0.174. The Bertz CT molecular complexity index is 1150. The number of fused-ring (bicyclic) bond motifs is 2. The molecule has 0 atom stereocenters. The first-order valence-corrected chi connectivity index (χ1v) is 11.3. The molecule has 3 aromatic rings. The van der Waals surface area contributed by atoms with Gasteiger partial charge in [-0.25, -0.2) is 4.98 Å². The van der Waals surface area contributed by atoms with E-state index in [0.29, 0.717) is 12.6 Å². The van der Waals surface area contributed by atoms with Crippen LogP contribution >= 0.6 is 24.0 Å². The molecule has 5 rings (SSSR count). The second-order valence-electron chi connectivity index (χ2n) is 7.38. The number of nitrogens with two attached hydrogens (primary N) is 2. The van der Waals surface area contributed by atoms with Crippen molar-refractivity contribution in [3.63, 3.8) is 0 Å². The van der Waals surface area contributed by atoms with Gasteiger partial charge in [0.1, 0.15) is 10.1 Å². The number of aromatic nitrogens is 2. The highest BCUT2D eigenvalue weighted by molar-refractivity contribution is 8.22. The van der Waals surface area contributed by atoms with Gasteiger partial charge in [-0.05, 0) is 29.8 Å². The molecule has 0 radical (unpaired) electrons. The standard InChI is InChI=1S/C21H22N6O2S2/c22-19-15-9-13(1-3-16(15)24-20(23)25-19)11-31-21(30)27-7-5-26(6-8-27)14-2-4-17-18(10-14)29-12-28-17/h1-4,9-10H,5-8,11-12H2,(H4,22,23,24,25). The summed E-state index contributed by atoms with van der Waals surface area (Å²) in [7, 11) is 0. The van der Waals surface area contributed by atoms with Crippen LogP contribution in [0.2, 0.25) is 0 Å². The Labute approximate surface area is 189 Å². The molecule has 2 aliphatic rings. The van der Waals surface area contributed by atoms with Crippen molar-refractivity contribution in [2.75, 3.05) is 49.3 Å². The van der Waals surface area contributed by atoms with Gasteiger partial charge in [-0.2, -0.15) is 4.98 Å². The molecule has 0 unspecified atom stereocenters. The Morgan fingerprint density at radius 3 is 2.65 bits per heavy atom. The number of thioether (sulfide) groups is 1. The van der Waals surface area contributed by atoms with E-state index in [1.807, 2.05) is 30.3 Å². The second-order valence-corrected chi connectivity index (χ2v) is 8.99. The Kier molecular flexibility index (Phi) is 5.33. The summed E-state index contributed by atoms with van der Waals surface area (Å²) < 4.78 is 11.8. The Balaban J connectivity index is 1.17. The minimum Gasteiger partial charge on any atom is -0.454 e. The first-order valence-electron chi connectivity index (χ1n) is 9.95. The van der Waals surface area contributed by atoms with Crippen molar-refractivity contribution < 1.29 is 9.47 Å². The molecule has 8 nitrogen and oxygen atoms in total. The van der Waals surface area contributed by atoms with Gasteiger partial charge in [0.25, 0.3) is 0 Å². The average Bonchev–Trinajstić information content (AvgIpc) is 3.25. The average molecular weight is 455 g/mol. The third-order valence-corrected chi connectivity index (χ3v) is 7.02. The van der Waals surface area contributed by atoms with Gasteiger partial charge in [-0.3, -0.25) is 0 Å². The lowest BCUT2D eigenvalue weighted by Gasteiger charge is -2.37. The molecule has 2 aromatic carbocycles. The summed E-state index contributed by atoms with van der Waals surface area (Å²) in [5, 5.41) is 0.815. The van der Waals surface area contributed by atoms with Crippen LogP contribution in [-0.2, 0) is 5.75 Å². The first-order chi connectivity index (χ1) is 15.1. The molecule has 4 N–H and O–H groups in total. The van der Waals surface area contributed by atoms with Crippen molar-refractivity contribution >= 4 is 56.7 Å². The summed E-state index contributed by atoms with van der Waals surface area (Å²) >= 11 is 7.36. The summed E-state index contributed by atoms with van der Waals surface area (Å²) in [6, 6.07) is 12.1. The van der Waals surface area contributed by atoms with Gasteiger partial charge < -0.3 is 30.7 Å². The van der Waals surface area contributed by atoms with Crippen LogP contribution in [0.25, 0.3) is 10.9 Å². The monoisotopic (exact) mass is 454 g/mol. The number of piperazine rings is 1. The van der Waals surface area contributed by atoms with Crippen LogP contribution in [-0.4, -0.2) is 52.2 Å². The topological polar surface area (TPSA) is 103 Å². The second kappa shape index (κ2) is 8.27. The molecule has 160 valence electrons. The van der Waals surface area contributed by atoms with Crippen molar-refractivity contribution in [1.82, 2.24) is 14.9 Å². The fraction of sp³-hybridized carbons (Fsp3) is 0.286. The molecule has 1 aromatic heterocycles. The minimum absolute atomic E-state index is 0.188. The maximum absolute atomic E-state index is 6.00. The molecule has 31 heavy (non-hydrogen) atoms. The fourth-order valence-corrected chi connectivity index (χ4v) is 4.97. The molecular weight excluding hydrogens is 432 g/mol. The predicted octanol–water partition coefficient (Wildman–Crippen LogP) is 2.86. The SMILES string of the molecule is Nc1nc(N)c2cc(CSC(=S)N3CCN(c4ccc5c(c4)OCO5)CC3)ccc2n1. The highest BCUT2D eigenvalue weighted by Gasteiger charge is 2.22. The Hall–Kier alpha value is -2.98. The Morgan fingerprint density at radius 1 is 1.00 bits per heavy atom. The number of hydrogen-bond donors (Lipinski definition) is 2. The van der Waals surface area contributed by atoms with Crippen LogP contribution in [0.4, 0.5) is 17.5 Å². The largest absolute Gasteiger partial charge is 0.454 e. The van der Waals surface area contributed by atoms with Crippen LogP contribution in [0, 0.1) is 0 Å². The van der Waals surface area contributed by atoms with Gasteiger partial charge in [-0.1, -0.05) is 30.0 Å². The zero-order valence-corrected chi connectivity index (χ0v) is 18.4. The van der Waals surface area contributed by atoms with Crippen molar-refractivity contribution in [2.24, 2.45) is 0 Å². The van der Waals surface area contributed by atoms with Crippen molar-refractivity contribution in [3.8, 4) is 11.5 Å². The third-order valence-electron chi connectivity index (χ3n) is 5.43. The van der Waals surface area contributed by atoms with Crippen LogP contribution < -0.4 is 25.8 Å². The number of anilines is 3. The van der Waals surface area contributed by atoms with Crippen molar-refractivity contribution in [3.05, 3.63) is 42.0 Å². The highest BCUT2D eigenvalue weighted by atomic mass is 32.2. The minimum atomic E-state index is 0.188. The van der Waals surface area contributed by atoms with E-state index >= 15 is 0 Å². The smallest absolute Gasteiger partial charge is 0.231 e. The quantitative estimate of drug-likeness (QED) is 0.574. The lowest BCUT2D eigenvalue weighted by Crippen LogP contribution is -2.47. The fourth-order valence-electron chi connectivity index (χ4n) is 3.77. The Morgan fingerprint density at radius 2 is 1.81 bits per heavy atom. The van der Waals surface area contributed by atoms with E-state index in [1.54, 1.807) is 11.8 Å². The van der Waals surface area contributed by atoms with Crippen LogP contribution in [0.5, 0.6) is 11.5 Å². The molecule has 0 amide bonds. The zero-order valence-electron chi connectivity index (χ0n) is 16.8. The van der Waals surface area contributed by atoms with Crippen LogP contribution in [0.1, 0.15) is 5.56 Å². The van der Waals surface area contributed by atoms with Crippen molar-refractivity contribution in [2.45, 2.75) is 5.75 Å². The maximum Gasteiger partial charge on any atom is 0.231 e. The normalized spacial score (nSPS) is 15.5. The van der Waals surface area contributed by atoms with Gasteiger partial charge in [0, 0.05) is 49.1 Å². The molecule has 0 bridgehead atoms. The lowest BCUT2D eigenvalue weighted by atomic mass is 10.1. The number of nitrogens with zero attached hydrogens (tertiary/aromatic N) is 4.